The van der Waals surface area contributed by atoms with Crippen molar-refractivity contribution in [3.63, 3.8) is 0 Å². The molecular weight excluding hydrogens is 262 g/mol. The van der Waals surface area contributed by atoms with E-state index in [0.717, 1.165) is 30.3 Å². The summed E-state index contributed by atoms with van der Waals surface area (Å²) in [6.07, 6.45) is 4.98. The SMILES string of the molecule is CCC1CCCN(CC(=O)Nc2ccc(CN)cc2)CC1. The molecule has 1 aliphatic rings. The Labute approximate surface area is 127 Å². The summed E-state index contributed by atoms with van der Waals surface area (Å²) in [5, 5.41) is 2.96. The molecule has 2 rings (SSSR count). The van der Waals surface area contributed by atoms with Crippen LogP contribution in [0.25, 0.3) is 0 Å². The van der Waals surface area contributed by atoms with Crippen LogP contribution >= 0.6 is 0 Å². The number of nitrogens with two attached hydrogens (primary N) is 1. The molecule has 1 aromatic rings. The molecule has 4 nitrogen and oxygen atoms in total. The van der Waals surface area contributed by atoms with E-state index in [1.165, 1.54) is 25.7 Å². The summed E-state index contributed by atoms with van der Waals surface area (Å²) in [5.74, 6) is 0.910. The maximum atomic E-state index is 12.1. The zero-order valence-electron chi connectivity index (χ0n) is 13.0. The van der Waals surface area contributed by atoms with Crippen molar-refractivity contribution in [3.05, 3.63) is 29.8 Å². The number of anilines is 1. The van der Waals surface area contributed by atoms with E-state index in [2.05, 4.69) is 17.1 Å². The van der Waals surface area contributed by atoms with Crippen LogP contribution in [0.3, 0.4) is 0 Å². The summed E-state index contributed by atoms with van der Waals surface area (Å²) in [6.45, 7) is 5.36. The molecule has 1 fully saturated rings. The Kier molecular flexibility index (Phi) is 6.21. The summed E-state index contributed by atoms with van der Waals surface area (Å²) >= 11 is 0. The first-order chi connectivity index (χ1) is 10.2. The molecule has 0 aliphatic carbocycles. The Morgan fingerprint density at radius 2 is 2.05 bits per heavy atom. The lowest BCUT2D eigenvalue weighted by atomic mass is 9.98. The molecule has 0 saturated carbocycles. The number of hydrogen-bond donors (Lipinski definition) is 2. The van der Waals surface area contributed by atoms with Crippen molar-refractivity contribution in [2.45, 2.75) is 39.2 Å². The highest BCUT2D eigenvalue weighted by Gasteiger charge is 2.17. The van der Waals surface area contributed by atoms with E-state index in [1.807, 2.05) is 24.3 Å². The second-order valence-corrected chi connectivity index (χ2v) is 5.93. The topological polar surface area (TPSA) is 58.4 Å². The summed E-state index contributed by atoms with van der Waals surface area (Å²) in [7, 11) is 0. The van der Waals surface area contributed by atoms with Gasteiger partial charge in [-0.1, -0.05) is 25.5 Å². The number of carbonyl (C=O) groups excluding carboxylic acids is 1. The van der Waals surface area contributed by atoms with Gasteiger partial charge in [0.2, 0.25) is 5.91 Å². The van der Waals surface area contributed by atoms with E-state index in [9.17, 15) is 4.79 Å². The molecule has 1 saturated heterocycles. The van der Waals surface area contributed by atoms with Crippen LogP contribution in [0.15, 0.2) is 24.3 Å². The molecule has 1 atom stereocenters. The average Bonchev–Trinajstić information content (AvgIpc) is 2.73. The van der Waals surface area contributed by atoms with E-state index >= 15 is 0 Å². The number of benzene rings is 1. The van der Waals surface area contributed by atoms with Gasteiger partial charge in [0.1, 0.15) is 0 Å². The number of amides is 1. The second kappa shape index (κ2) is 8.15. The zero-order valence-corrected chi connectivity index (χ0v) is 13.0. The molecule has 116 valence electrons. The fraction of sp³-hybridized carbons (Fsp3) is 0.588. The van der Waals surface area contributed by atoms with E-state index in [4.69, 9.17) is 5.73 Å². The van der Waals surface area contributed by atoms with Crippen LogP contribution in [0.1, 0.15) is 38.2 Å². The molecule has 0 aromatic heterocycles. The van der Waals surface area contributed by atoms with Gasteiger partial charge >= 0.3 is 0 Å². The minimum atomic E-state index is 0.0745. The summed E-state index contributed by atoms with van der Waals surface area (Å²) in [5.41, 5.74) is 7.49. The van der Waals surface area contributed by atoms with Crippen molar-refractivity contribution in [2.75, 3.05) is 25.0 Å². The van der Waals surface area contributed by atoms with Gasteiger partial charge in [-0.05, 0) is 56.0 Å². The lowest BCUT2D eigenvalue weighted by Gasteiger charge is -2.19. The zero-order chi connectivity index (χ0) is 15.1. The number of nitrogens with zero attached hydrogens (tertiary/aromatic N) is 1. The fourth-order valence-electron chi connectivity index (χ4n) is 2.92. The quantitative estimate of drug-likeness (QED) is 0.876. The molecule has 1 heterocycles. The molecule has 1 unspecified atom stereocenters. The standard InChI is InChI=1S/C17H27N3O/c1-2-14-4-3-10-20(11-9-14)13-17(21)19-16-7-5-15(12-18)6-8-16/h5-8,14H,2-4,9-13,18H2,1H3,(H,19,21). The van der Waals surface area contributed by atoms with Crippen LogP contribution in [0, 0.1) is 5.92 Å². The van der Waals surface area contributed by atoms with Gasteiger partial charge in [0.05, 0.1) is 6.54 Å². The summed E-state index contributed by atoms with van der Waals surface area (Å²) in [6, 6.07) is 7.73. The third-order valence-corrected chi connectivity index (χ3v) is 4.36. The minimum absolute atomic E-state index is 0.0745. The Morgan fingerprint density at radius 1 is 1.29 bits per heavy atom. The van der Waals surface area contributed by atoms with Gasteiger partial charge in [0.25, 0.3) is 0 Å². The number of rotatable bonds is 5. The summed E-state index contributed by atoms with van der Waals surface area (Å²) < 4.78 is 0. The molecule has 4 heteroatoms. The average molecular weight is 289 g/mol. The molecule has 0 spiro atoms. The van der Waals surface area contributed by atoms with Crippen LogP contribution in [0.2, 0.25) is 0 Å². The second-order valence-electron chi connectivity index (χ2n) is 5.93. The number of hydrogen-bond acceptors (Lipinski definition) is 3. The van der Waals surface area contributed by atoms with Crippen LogP contribution in [0.4, 0.5) is 5.69 Å². The first-order valence-corrected chi connectivity index (χ1v) is 8.02. The number of likely N-dealkylation sites (tertiary alicyclic amines) is 1. The Balaban J connectivity index is 1.80. The minimum Gasteiger partial charge on any atom is -0.326 e. The highest BCUT2D eigenvalue weighted by Crippen LogP contribution is 2.20. The normalized spacial score (nSPS) is 20.0. The molecular formula is C17H27N3O. The molecule has 0 bridgehead atoms. The van der Waals surface area contributed by atoms with Crippen molar-refractivity contribution in [1.29, 1.82) is 0 Å². The van der Waals surface area contributed by atoms with E-state index in [-0.39, 0.29) is 5.91 Å². The molecule has 1 aliphatic heterocycles. The number of nitrogens with one attached hydrogen (secondary N) is 1. The largest absolute Gasteiger partial charge is 0.326 e. The predicted octanol–water partition coefficient (Wildman–Crippen LogP) is 2.60. The van der Waals surface area contributed by atoms with Crippen LogP contribution in [-0.2, 0) is 11.3 Å². The van der Waals surface area contributed by atoms with E-state index in [1.54, 1.807) is 0 Å². The van der Waals surface area contributed by atoms with Crippen molar-refractivity contribution in [2.24, 2.45) is 11.7 Å². The lowest BCUT2D eigenvalue weighted by molar-refractivity contribution is -0.117. The van der Waals surface area contributed by atoms with Gasteiger partial charge < -0.3 is 11.1 Å². The number of carbonyl (C=O) groups is 1. The first-order valence-electron chi connectivity index (χ1n) is 8.02. The van der Waals surface area contributed by atoms with E-state index < -0.39 is 0 Å². The van der Waals surface area contributed by atoms with Crippen molar-refractivity contribution < 1.29 is 4.79 Å². The van der Waals surface area contributed by atoms with Crippen molar-refractivity contribution in [1.82, 2.24) is 4.90 Å². The van der Waals surface area contributed by atoms with Crippen LogP contribution < -0.4 is 11.1 Å². The van der Waals surface area contributed by atoms with Crippen LogP contribution in [-0.4, -0.2) is 30.4 Å². The molecule has 0 radical (unpaired) electrons. The maximum absolute atomic E-state index is 12.1. The van der Waals surface area contributed by atoms with Gasteiger partial charge in [0.15, 0.2) is 0 Å². The maximum Gasteiger partial charge on any atom is 0.238 e. The lowest BCUT2D eigenvalue weighted by Crippen LogP contribution is -2.34. The highest BCUT2D eigenvalue weighted by molar-refractivity contribution is 5.92. The third kappa shape index (κ3) is 5.14. The third-order valence-electron chi connectivity index (χ3n) is 4.36. The van der Waals surface area contributed by atoms with Crippen molar-refractivity contribution in [3.8, 4) is 0 Å². The van der Waals surface area contributed by atoms with Gasteiger partial charge in [0, 0.05) is 12.2 Å². The van der Waals surface area contributed by atoms with Gasteiger partial charge in [-0.15, -0.1) is 0 Å². The van der Waals surface area contributed by atoms with Crippen molar-refractivity contribution >= 4 is 11.6 Å². The monoisotopic (exact) mass is 289 g/mol. The smallest absolute Gasteiger partial charge is 0.238 e. The molecule has 3 N–H and O–H groups in total. The van der Waals surface area contributed by atoms with Gasteiger partial charge in [-0.25, -0.2) is 0 Å². The molecule has 21 heavy (non-hydrogen) atoms. The summed E-state index contributed by atoms with van der Waals surface area (Å²) in [4.78, 5) is 14.4. The molecule has 1 amide bonds. The fourth-order valence-corrected chi connectivity index (χ4v) is 2.92. The van der Waals surface area contributed by atoms with Gasteiger partial charge in [-0.2, -0.15) is 0 Å². The Morgan fingerprint density at radius 3 is 2.71 bits per heavy atom. The Bertz CT molecular complexity index is 444. The van der Waals surface area contributed by atoms with Crippen LogP contribution in [0.5, 0.6) is 0 Å². The molecule has 1 aromatic carbocycles. The van der Waals surface area contributed by atoms with Gasteiger partial charge in [-0.3, -0.25) is 9.69 Å². The van der Waals surface area contributed by atoms with E-state index in [0.29, 0.717) is 13.1 Å². The Hall–Kier alpha value is -1.39. The predicted molar refractivity (Wildman–Crippen MR) is 87.0 cm³/mol. The first kappa shape index (κ1) is 16.0. The highest BCUT2D eigenvalue weighted by atomic mass is 16.2.